The van der Waals surface area contributed by atoms with Gasteiger partial charge in [-0.1, -0.05) is 32.9 Å². The van der Waals surface area contributed by atoms with E-state index in [0.717, 1.165) is 5.56 Å². The van der Waals surface area contributed by atoms with Crippen LogP contribution in [-0.4, -0.2) is 41.5 Å². The molecule has 3 rings (SSSR count). The van der Waals surface area contributed by atoms with Gasteiger partial charge in [0.25, 0.3) is 11.7 Å². The van der Waals surface area contributed by atoms with Crippen molar-refractivity contribution >= 4 is 17.4 Å². The molecule has 170 valence electrons. The lowest BCUT2D eigenvalue weighted by Gasteiger charge is -2.25. The number of hydrogen-bond donors (Lipinski definition) is 1. The Bertz CT molecular complexity index is 976. The number of rotatable bonds is 9. The molecule has 0 aliphatic carbocycles. The van der Waals surface area contributed by atoms with Crippen LogP contribution in [0.15, 0.2) is 54.1 Å². The Balaban J connectivity index is 2.00. The Morgan fingerprint density at radius 1 is 0.969 bits per heavy atom. The largest absolute Gasteiger partial charge is 0.507 e. The first-order valence-corrected chi connectivity index (χ1v) is 11.1. The number of nitrogens with zero attached hydrogens (tertiary/aromatic N) is 1. The summed E-state index contributed by atoms with van der Waals surface area (Å²) in [5.41, 5.74) is 1.32. The molecule has 6 nitrogen and oxygen atoms in total. The molecule has 2 aromatic rings. The predicted molar refractivity (Wildman–Crippen MR) is 124 cm³/mol. The molecule has 0 aromatic heterocycles. The second kappa shape index (κ2) is 10.4. The Kier molecular flexibility index (Phi) is 7.57. The SMILES string of the molecule is CCCN1C(=O)C(=O)/C(=C(\O)c2ccc(OCC(C)C)cc2)C1c1ccc(OCC)cc1. The smallest absolute Gasteiger partial charge is 0.295 e. The molecule has 1 N–H and O–H groups in total. The van der Waals surface area contributed by atoms with E-state index in [-0.39, 0.29) is 11.3 Å². The van der Waals surface area contributed by atoms with Gasteiger partial charge in [0.2, 0.25) is 0 Å². The fourth-order valence-corrected chi connectivity index (χ4v) is 3.74. The van der Waals surface area contributed by atoms with Gasteiger partial charge in [-0.3, -0.25) is 9.59 Å². The van der Waals surface area contributed by atoms with Gasteiger partial charge < -0.3 is 19.5 Å². The summed E-state index contributed by atoms with van der Waals surface area (Å²) in [6.45, 7) is 9.54. The second-order valence-corrected chi connectivity index (χ2v) is 8.22. The van der Waals surface area contributed by atoms with E-state index in [1.54, 1.807) is 24.3 Å². The highest BCUT2D eigenvalue weighted by Gasteiger charge is 2.45. The molecule has 1 heterocycles. The molecule has 1 aliphatic heterocycles. The van der Waals surface area contributed by atoms with Crippen LogP contribution in [0.2, 0.25) is 0 Å². The third-order valence-electron chi connectivity index (χ3n) is 5.22. The summed E-state index contributed by atoms with van der Waals surface area (Å²) in [4.78, 5) is 27.3. The van der Waals surface area contributed by atoms with Crippen molar-refractivity contribution in [2.24, 2.45) is 5.92 Å². The Morgan fingerprint density at radius 2 is 1.56 bits per heavy atom. The standard InChI is InChI=1S/C26H31NO5/c1-5-15-27-23(18-7-11-20(12-8-18)31-6-2)22(25(29)26(27)30)24(28)19-9-13-21(14-10-19)32-16-17(3)4/h7-14,17,23,28H,5-6,15-16H2,1-4H3/b24-22-. The molecule has 1 amide bonds. The van der Waals surface area contributed by atoms with Crippen LogP contribution in [0.25, 0.3) is 5.76 Å². The van der Waals surface area contributed by atoms with Crippen LogP contribution in [0.5, 0.6) is 11.5 Å². The van der Waals surface area contributed by atoms with Gasteiger partial charge in [0.15, 0.2) is 0 Å². The number of carbonyl (C=O) groups is 2. The van der Waals surface area contributed by atoms with E-state index >= 15 is 0 Å². The Hall–Kier alpha value is -3.28. The minimum atomic E-state index is -0.671. The van der Waals surface area contributed by atoms with Crippen LogP contribution in [0, 0.1) is 5.92 Å². The highest BCUT2D eigenvalue weighted by atomic mass is 16.5. The number of aliphatic hydroxyl groups excluding tert-OH is 1. The highest BCUT2D eigenvalue weighted by Crippen LogP contribution is 2.40. The lowest BCUT2D eigenvalue weighted by molar-refractivity contribution is -0.139. The molecule has 32 heavy (non-hydrogen) atoms. The molecule has 1 saturated heterocycles. The van der Waals surface area contributed by atoms with E-state index in [2.05, 4.69) is 13.8 Å². The maximum absolute atomic E-state index is 12.9. The van der Waals surface area contributed by atoms with Gasteiger partial charge >= 0.3 is 0 Å². The Labute approximate surface area is 189 Å². The van der Waals surface area contributed by atoms with Crippen molar-refractivity contribution in [1.82, 2.24) is 4.90 Å². The maximum Gasteiger partial charge on any atom is 0.295 e. The van der Waals surface area contributed by atoms with Crippen molar-refractivity contribution in [3.8, 4) is 11.5 Å². The number of ketones is 1. The zero-order valence-electron chi connectivity index (χ0n) is 19.1. The fraction of sp³-hybridized carbons (Fsp3) is 0.385. The number of amides is 1. The second-order valence-electron chi connectivity index (χ2n) is 8.22. The van der Waals surface area contributed by atoms with Crippen molar-refractivity contribution < 1.29 is 24.2 Å². The molecule has 1 fully saturated rings. The first kappa shape index (κ1) is 23.4. The number of hydrogen-bond acceptors (Lipinski definition) is 5. The predicted octanol–water partition coefficient (Wildman–Crippen LogP) is 4.95. The number of carbonyl (C=O) groups excluding carboxylic acids is 2. The third kappa shape index (κ3) is 4.96. The zero-order valence-corrected chi connectivity index (χ0v) is 19.1. The minimum absolute atomic E-state index is 0.100. The summed E-state index contributed by atoms with van der Waals surface area (Å²) in [6.07, 6.45) is 0.697. The van der Waals surface area contributed by atoms with Gasteiger partial charge in [-0.15, -0.1) is 0 Å². The zero-order chi connectivity index (χ0) is 23.3. The molecular formula is C26H31NO5. The first-order valence-electron chi connectivity index (χ1n) is 11.1. The summed E-state index contributed by atoms with van der Waals surface area (Å²) >= 11 is 0. The first-order chi connectivity index (χ1) is 15.4. The van der Waals surface area contributed by atoms with Crippen molar-refractivity contribution in [3.63, 3.8) is 0 Å². The van der Waals surface area contributed by atoms with E-state index in [1.807, 2.05) is 38.1 Å². The number of ether oxygens (including phenoxy) is 2. The monoisotopic (exact) mass is 437 g/mol. The van der Waals surface area contributed by atoms with E-state index < -0.39 is 17.7 Å². The van der Waals surface area contributed by atoms with Crippen molar-refractivity contribution in [1.29, 1.82) is 0 Å². The minimum Gasteiger partial charge on any atom is -0.507 e. The molecule has 0 bridgehead atoms. The van der Waals surface area contributed by atoms with E-state index in [0.29, 0.717) is 49.2 Å². The van der Waals surface area contributed by atoms with Crippen molar-refractivity contribution in [2.45, 2.75) is 40.2 Å². The van der Waals surface area contributed by atoms with E-state index in [1.165, 1.54) is 4.90 Å². The fourth-order valence-electron chi connectivity index (χ4n) is 3.74. The van der Waals surface area contributed by atoms with Crippen LogP contribution >= 0.6 is 0 Å². The summed E-state index contributed by atoms with van der Waals surface area (Å²) in [5.74, 6) is 0.340. The van der Waals surface area contributed by atoms with Gasteiger partial charge in [-0.05, 0) is 61.2 Å². The molecule has 0 radical (unpaired) electrons. The Morgan fingerprint density at radius 3 is 2.12 bits per heavy atom. The number of aliphatic hydroxyl groups is 1. The highest BCUT2D eigenvalue weighted by molar-refractivity contribution is 6.46. The van der Waals surface area contributed by atoms with Crippen LogP contribution in [0.3, 0.4) is 0 Å². The average Bonchev–Trinajstić information content (AvgIpc) is 3.03. The summed E-state index contributed by atoms with van der Waals surface area (Å²) in [7, 11) is 0. The average molecular weight is 438 g/mol. The maximum atomic E-state index is 12.9. The van der Waals surface area contributed by atoms with Crippen LogP contribution in [0.4, 0.5) is 0 Å². The van der Waals surface area contributed by atoms with Gasteiger partial charge in [0, 0.05) is 12.1 Å². The topological polar surface area (TPSA) is 76.1 Å². The molecule has 0 spiro atoms. The van der Waals surface area contributed by atoms with Crippen LogP contribution in [0.1, 0.15) is 51.3 Å². The van der Waals surface area contributed by atoms with E-state index in [4.69, 9.17) is 9.47 Å². The molecule has 2 aromatic carbocycles. The number of Topliss-reactive ketones (excluding diaryl/α,β-unsaturated/α-hetero) is 1. The molecule has 1 aliphatic rings. The van der Waals surface area contributed by atoms with Gasteiger partial charge in [0.05, 0.1) is 24.8 Å². The molecule has 1 unspecified atom stereocenters. The van der Waals surface area contributed by atoms with Crippen molar-refractivity contribution in [3.05, 3.63) is 65.2 Å². The number of likely N-dealkylation sites (tertiary alicyclic amines) is 1. The van der Waals surface area contributed by atoms with Crippen molar-refractivity contribution in [2.75, 3.05) is 19.8 Å². The van der Waals surface area contributed by atoms with E-state index in [9.17, 15) is 14.7 Å². The van der Waals surface area contributed by atoms with Gasteiger partial charge in [-0.25, -0.2) is 0 Å². The van der Waals surface area contributed by atoms with Crippen LogP contribution in [-0.2, 0) is 9.59 Å². The van der Waals surface area contributed by atoms with Crippen LogP contribution < -0.4 is 9.47 Å². The number of benzene rings is 2. The molecule has 0 saturated carbocycles. The molecule has 1 atom stereocenters. The summed E-state index contributed by atoms with van der Waals surface area (Å²) in [5, 5.41) is 11.1. The molecular weight excluding hydrogens is 406 g/mol. The lowest BCUT2D eigenvalue weighted by Crippen LogP contribution is -2.30. The third-order valence-corrected chi connectivity index (χ3v) is 5.22. The normalized spacial score (nSPS) is 17.8. The lowest BCUT2D eigenvalue weighted by atomic mass is 9.95. The quantitative estimate of drug-likeness (QED) is 0.341. The molecule has 6 heteroatoms. The summed E-state index contributed by atoms with van der Waals surface area (Å²) in [6, 6.07) is 13.6. The van der Waals surface area contributed by atoms with Gasteiger partial charge in [-0.2, -0.15) is 0 Å². The summed E-state index contributed by atoms with van der Waals surface area (Å²) < 4.78 is 11.2. The van der Waals surface area contributed by atoms with Gasteiger partial charge in [0.1, 0.15) is 17.3 Å².